The molecule has 1 aliphatic heterocycles. The highest BCUT2D eigenvalue weighted by Crippen LogP contribution is 2.35. The Bertz CT molecular complexity index is 1200. The van der Waals surface area contributed by atoms with E-state index in [0.29, 0.717) is 22.6 Å². The fourth-order valence-corrected chi connectivity index (χ4v) is 3.60. The Balaban J connectivity index is 1.80. The maximum Gasteiger partial charge on any atom is 0.282 e. The number of hydrogen-bond acceptors (Lipinski definition) is 5. The summed E-state index contributed by atoms with van der Waals surface area (Å²) in [5.41, 5.74) is 4.49. The first-order valence-corrected chi connectivity index (χ1v) is 10.3. The second-order valence-electron chi connectivity index (χ2n) is 7.83. The molecule has 3 aromatic rings. The zero-order valence-electron chi connectivity index (χ0n) is 18.5. The van der Waals surface area contributed by atoms with Crippen LogP contribution in [0.1, 0.15) is 11.1 Å². The minimum absolute atomic E-state index is 0.249. The first-order chi connectivity index (χ1) is 15.4. The summed E-state index contributed by atoms with van der Waals surface area (Å²) in [5, 5.41) is 3.19. The molecular formula is C26H25N3O3. The SMILES string of the molecule is COc1ccc(C2=C(Nc3ccc(C)cc3)C(=O)N(c3cccc(N(C)C)c3)C2=O)cc1. The molecule has 162 valence electrons. The number of aryl methyl sites for hydroxylation is 1. The molecule has 3 aromatic carbocycles. The first kappa shape index (κ1) is 21.2. The van der Waals surface area contributed by atoms with E-state index in [1.807, 2.05) is 68.4 Å². The number of nitrogens with zero attached hydrogens (tertiary/aromatic N) is 2. The lowest BCUT2D eigenvalue weighted by molar-refractivity contribution is -0.120. The number of benzene rings is 3. The van der Waals surface area contributed by atoms with E-state index in [-0.39, 0.29) is 11.6 Å². The van der Waals surface area contributed by atoms with Gasteiger partial charge >= 0.3 is 0 Å². The molecule has 1 heterocycles. The number of amides is 2. The van der Waals surface area contributed by atoms with Gasteiger partial charge in [-0.15, -0.1) is 0 Å². The number of carbonyl (C=O) groups is 2. The number of rotatable bonds is 6. The van der Waals surface area contributed by atoms with Gasteiger partial charge in [0, 0.05) is 25.5 Å². The first-order valence-electron chi connectivity index (χ1n) is 10.3. The van der Waals surface area contributed by atoms with Gasteiger partial charge in [-0.2, -0.15) is 0 Å². The normalized spacial score (nSPS) is 13.6. The van der Waals surface area contributed by atoms with Crippen LogP contribution in [0.25, 0.3) is 5.57 Å². The van der Waals surface area contributed by atoms with Crippen molar-refractivity contribution in [1.29, 1.82) is 0 Å². The average Bonchev–Trinajstić information content (AvgIpc) is 3.04. The fraction of sp³-hybridized carbons (Fsp3) is 0.154. The van der Waals surface area contributed by atoms with Gasteiger partial charge in [-0.3, -0.25) is 9.59 Å². The summed E-state index contributed by atoms with van der Waals surface area (Å²) < 4.78 is 5.24. The summed E-state index contributed by atoms with van der Waals surface area (Å²) in [7, 11) is 5.42. The van der Waals surface area contributed by atoms with Crippen LogP contribution in [0.2, 0.25) is 0 Å². The quantitative estimate of drug-likeness (QED) is 0.589. The van der Waals surface area contributed by atoms with Crippen LogP contribution in [0.5, 0.6) is 5.75 Å². The second kappa shape index (κ2) is 8.59. The summed E-state index contributed by atoms with van der Waals surface area (Å²) in [6.07, 6.45) is 0. The molecule has 6 heteroatoms. The van der Waals surface area contributed by atoms with Crippen molar-refractivity contribution in [2.75, 3.05) is 36.3 Å². The smallest absolute Gasteiger partial charge is 0.282 e. The van der Waals surface area contributed by atoms with Gasteiger partial charge in [-0.05, 0) is 55.0 Å². The molecule has 0 aliphatic carbocycles. The van der Waals surface area contributed by atoms with Crippen LogP contribution in [-0.4, -0.2) is 33.0 Å². The van der Waals surface area contributed by atoms with Crippen LogP contribution in [0, 0.1) is 6.92 Å². The molecule has 6 nitrogen and oxygen atoms in total. The Morgan fingerprint density at radius 3 is 2.19 bits per heavy atom. The lowest BCUT2D eigenvalue weighted by Gasteiger charge is -2.19. The number of ether oxygens (including phenoxy) is 1. The van der Waals surface area contributed by atoms with Gasteiger partial charge < -0.3 is 15.0 Å². The van der Waals surface area contributed by atoms with Crippen molar-refractivity contribution in [1.82, 2.24) is 0 Å². The van der Waals surface area contributed by atoms with Crippen LogP contribution in [0.3, 0.4) is 0 Å². The van der Waals surface area contributed by atoms with Gasteiger partial charge in [0.1, 0.15) is 11.4 Å². The van der Waals surface area contributed by atoms with E-state index in [2.05, 4.69) is 5.32 Å². The second-order valence-corrected chi connectivity index (χ2v) is 7.83. The highest BCUT2D eigenvalue weighted by atomic mass is 16.5. The van der Waals surface area contributed by atoms with E-state index >= 15 is 0 Å². The molecule has 0 unspecified atom stereocenters. The van der Waals surface area contributed by atoms with Crippen LogP contribution in [-0.2, 0) is 9.59 Å². The van der Waals surface area contributed by atoms with Crippen molar-refractivity contribution in [3.63, 3.8) is 0 Å². The molecule has 32 heavy (non-hydrogen) atoms. The van der Waals surface area contributed by atoms with Crippen molar-refractivity contribution in [3.05, 3.63) is 89.6 Å². The number of anilines is 3. The molecule has 0 atom stereocenters. The Kier molecular flexibility index (Phi) is 5.69. The number of nitrogens with one attached hydrogen (secondary N) is 1. The van der Waals surface area contributed by atoms with E-state index in [1.165, 1.54) is 4.90 Å². The number of hydrogen-bond donors (Lipinski definition) is 1. The molecule has 0 bridgehead atoms. The summed E-state index contributed by atoms with van der Waals surface area (Å²) in [6.45, 7) is 2.00. The average molecular weight is 428 g/mol. The van der Waals surface area contributed by atoms with Gasteiger partial charge in [0.05, 0.1) is 18.4 Å². The number of imide groups is 1. The van der Waals surface area contributed by atoms with E-state index in [1.54, 1.807) is 37.4 Å². The van der Waals surface area contributed by atoms with E-state index in [9.17, 15) is 9.59 Å². The minimum Gasteiger partial charge on any atom is -0.497 e. The Morgan fingerprint density at radius 2 is 1.56 bits per heavy atom. The highest BCUT2D eigenvalue weighted by molar-refractivity contribution is 6.46. The van der Waals surface area contributed by atoms with E-state index < -0.39 is 5.91 Å². The zero-order valence-corrected chi connectivity index (χ0v) is 18.5. The molecule has 0 saturated carbocycles. The standard InChI is InChI=1S/C26H25N3O3/c1-17-8-12-19(13-9-17)27-24-23(18-10-14-22(32-4)15-11-18)25(30)29(26(24)31)21-7-5-6-20(16-21)28(2)3/h5-16,27H,1-4H3. The predicted molar refractivity (Wildman–Crippen MR) is 128 cm³/mol. The van der Waals surface area contributed by atoms with Crippen LogP contribution >= 0.6 is 0 Å². The molecule has 1 N–H and O–H groups in total. The lowest BCUT2D eigenvalue weighted by atomic mass is 10.0. The molecular weight excluding hydrogens is 402 g/mol. The monoisotopic (exact) mass is 427 g/mol. The molecule has 0 spiro atoms. The van der Waals surface area contributed by atoms with Crippen LogP contribution in [0.15, 0.2) is 78.5 Å². The summed E-state index contributed by atoms with van der Waals surface area (Å²) in [4.78, 5) is 30.2. The van der Waals surface area contributed by atoms with Crippen molar-refractivity contribution >= 4 is 34.4 Å². The van der Waals surface area contributed by atoms with Crippen molar-refractivity contribution in [3.8, 4) is 5.75 Å². The third-order valence-electron chi connectivity index (χ3n) is 5.39. The van der Waals surface area contributed by atoms with E-state index in [0.717, 1.165) is 16.9 Å². The molecule has 1 aliphatic rings. The summed E-state index contributed by atoms with van der Waals surface area (Å²) in [5.74, 6) is -0.0855. The maximum absolute atomic E-state index is 13.6. The van der Waals surface area contributed by atoms with Gasteiger partial charge in [-0.1, -0.05) is 35.9 Å². The summed E-state index contributed by atoms with van der Waals surface area (Å²) in [6, 6.07) is 22.2. The summed E-state index contributed by atoms with van der Waals surface area (Å²) >= 11 is 0. The van der Waals surface area contributed by atoms with Crippen molar-refractivity contribution in [2.45, 2.75) is 6.92 Å². The van der Waals surface area contributed by atoms with Crippen LogP contribution < -0.4 is 19.9 Å². The molecule has 0 fully saturated rings. The number of methoxy groups -OCH3 is 1. The van der Waals surface area contributed by atoms with Crippen LogP contribution in [0.4, 0.5) is 17.1 Å². The molecule has 0 aromatic heterocycles. The van der Waals surface area contributed by atoms with Gasteiger partial charge in [-0.25, -0.2) is 4.90 Å². The molecule has 4 rings (SSSR count). The van der Waals surface area contributed by atoms with E-state index in [4.69, 9.17) is 4.74 Å². The highest BCUT2D eigenvalue weighted by Gasteiger charge is 2.40. The van der Waals surface area contributed by atoms with Gasteiger partial charge in [0.2, 0.25) is 0 Å². The molecule has 0 saturated heterocycles. The lowest BCUT2D eigenvalue weighted by Crippen LogP contribution is -2.32. The molecule has 2 amide bonds. The maximum atomic E-state index is 13.6. The number of carbonyl (C=O) groups excluding carboxylic acids is 2. The Hall–Kier alpha value is -4.06. The van der Waals surface area contributed by atoms with Crippen molar-refractivity contribution in [2.24, 2.45) is 0 Å². The topological polar surface area (TPSA) is 61.9 Å². The third-order valence-corrected chi connectivity index (χ3v) is 5.39. The zero-order chi connectivity index (χ0) is 22.8. The largest absolute Gasteiger partial charge is 0.497 e. The van der Waals surface area contributed by atoms with Crippen molar-refractivity contribution < 1.29 is 14.3 Å². The fourth-order valence-electron chi connectivity index (χ4n) is 3.60. The third kappa shape index (κ3) is 3.95. The Morgan fingerprint density at radius 1 is 0.875 bits per heavy atom. The predicted octanol–water partition coefficient (Wildman–Crippen LogP) is 4.47. The Labute approximate surface area is 187 Å². The molecule has 0 radical (unpaired) electrons. The van der Waals surface area contributed by atoms with Gasteiger partial charge in [0.15, 0.2) is 0 Å². The van der Waals surface area contributed by atoms with Gasteiger partial charge in [0.25, 0.3) is 11.8 Å². The minimum atomic E-state index is -0.391.